The van der Waals surface area contributed by atoms with E-state index in [9.17, 15) is 4.79 Å². The van der Waals surface area contributed by atoms with Crippen LogP contribution >= 0.6 is 15.9 Å². The van der Waals surface area contributed by atoms with Crippen molar-refractivity contribution in [3.8, 4) is 0 Å². The van der Waals surface area contributed by atoms with Gasteiger partial charge in [0.05, 0.1) is 12.2 Å². The van der Waals surface area contributed by atoms with Gasteiger partial charge in [0.1, 0.15) is 0 Å². The lowest BCUT2D eigenvalue weighted by atomic mass is 10.2. The summed E-state index contributed by atoms with van der Waals surface area (Å²) in [7, 11) is 1.89. The Labute approximate surface area is 109 Å². The van der Waals surface area contributed by atoms with Crippen molar-refractivity contribution in [3.05, 3.63) is 22.7 Å². The second-order valence-corrected chi connectivity index (χ2v) is 5.26. The SMILES string of the molecule is CN(CC(=O)NC1CC1)c1ccc(N)cc1Br. The maximum atomic E-state index is 11.7. The van der Waals surface area contributed by atoms with E-state index in [1.807, 2.05) is 30.1 Å². The molecule has 4 nitrogen and oxygen atoms in total. The largest absolute Gasteiger partial charge is 0.399 e. The number of amides is 1. The average Bonchev–Trinajstić information content (AvgIpc) is 3.00. The molecule has 0 saturated heterocycles. The van der Waals surface area contributed by atoms with Crippen LogP contribution in [-0.4, -0.2) is 25.5 Å². The Bertz CT molecular complexity index is 432. The lowest BCUT2D eigenvalue weighted by Gasteiger charge is -2.20. The van der Waals surface area contributed by atoms with Gasteiger partial charge in [-0.15, -0.1) is 0 Å². The van der Waals surface area contributed by atoms with E-state index in [0.717, 1.165) is 23.0 Å². The minimum absolute atomic E-state index is 0.0683. The highest BCUT2D eigenvalue weighted by molar-refractivity contribution is 9.10. The number of carbonyl (C=O) groups is 1. The molecule has 3 N–H and O–H groups in total. The number of nitrogens with one attached hydrogen (secondary N) is 1. The van der Waals surface area contributed by atoms with E-state index in [1.54, 1.807) is 0 Å². The molecule has 0 heterocycles. The smallest absolute Gasteiger partial charge is 0.239 e. The first-order chi connectivity index (χ1) is 8.06. The summed E-state index contributed by atoms with van der Waals surface area (Å²) in [6, 6.07) is 5.98. The van der Waals surface area contributed by atoms with Crippen LogP contribution in [0.2, 0.25) is 0 Å². The number of carbonyl (C=O) groups excluding carboxylic acids is 1. The van der Waals surface area contributed by atoms with Gasteiger partial charge in [0.15, 0.2) is 0 Å². The van der Waals surface area contributed by atoms with Gasteiger partial charge in [0, 0.05) is 23.2 Å². The predicted octanol–water partition coefficient (Wildman–Crippen LogP) is 1.75. The van der Waals surface area contributed by atoms with Crippen LogP contribution in [0.25, 0.3) is 0 Å². The van der Waals surface area contributed by atoms with E-state index in [2.05, 4.69) is 21.2 Å². The molecule has 1 aromatic carbocycles. The van der Waals surface area contributed by atoms with Crippen LogP contribution < -0.4 is 16.0 Å². The average molecular weight is 298 g/mol. The molecule has 17 heavy (non-hydrogen) atoms. The number of hydrogen-bond acceptors (Lipinski definition) is 3. The second-order valence-electron chi connectivity index (χ2n) is 4.41. The van der Waals surface area contributed by atoms with E-state index in [0.29, 0.717) is 18.3 Å². The highest BCUT2D eigenvalue weighted by Gasteiger charge is 2.23. The van der Waals surface area contributed by atoms with Crippen molar-refractivity contribution in [2.24, 2.45) is 0 Å². The molecule has 2 rings (SSSR count). The number of nitrogens with zero attached hydrogens (tertiary/aromatic N) is 1. The summed E-state index contributed by atoms with van der Waals surface area (Å²) < 4.78 is 0.902. The molecule has 0 unspecified atom stereocenters. The molecule has 0 bridgehead atoms. The van der Waals surface area contributed by atoms with Crippen molar-refractivity contribution in [1.29, 1.82) is 0 Å². The van der Waals surface area contributed by atoms with Gasteiger partial charge in [-0.25, -0.2) is 0 Å². The molecule has 0 spiro atoms. The fourth-order valence-electron chi connectivity index (χ4n) is 1.63. The Morgan fingerprint density at radius 1 is 1.59 bits per heavy atom. The van der Waals surface area contributed by atoms with Crippen LogP contribution in [0.15, 0.2) is 22.7 Å². The third-order valence-electron chi connectivity index (χ3n) is 2.71. The first-order valence-corrected chi connectivity index (χ1v) is 6.41. The van der Waals surface area contributed by atoms with Crippen LogP contribution in [0, 0.1) is 0 Å². The summed E-state index contributed by atoms with van der Waals surface area (Å²) >= 11 is 3.45. The number of hydrogen-bond donors (Lipinski definition) is 2. The number of likely N-dealkylation sites (N-methyl/N-ethyl adjacent to an activating group) is 1. The van der Waals surface area contributed by atoms with Crippen LogP contribution in [0.5, 0.6) is 0 Å². The maximum absolute atomic E-state index is 11.7. The second kappa shape index (κ2) is 4.96. The number of benzene rings is 1. The van der Waals surface area contributed by atoms with Crippen molar-refractivity contribution in [2.45, 2.75) is 18.9 Å². The standard InChI is InChI=1S/C12H16BrN3O/c1-16(7-12(17)15-9-3-4-9)11-5-2-8(14)6-10(11)13/h2,5-6,9H,3-4,7,14H2,1H3,(H,15,17). The molecular weight excluding hydrogens is 282 g/mol. The number of anilines is 2. The summed E-state index contributed by atoms with van der Waals surface area (Å²) in [6.45, 7) is 0.360. The topological polar surface area (TPSA) is 58.4 Å². The fraction of sp³-hybridized carbons (Fsp3) is 0.417. The molecule has 1 aromatic rings. The molecule has 0 aromatic heterocycles. The summed E-state index contributed by atoms with van der Waals surface area (Å²) in [5.74, 6) is 0.0683. The lowest BCUT2D eigenvalue weighted by Crippen LogP contribution is -2.36. The molecule has 1 aliphatic carbocycles. The van der Waals surface area contributed by atoms with Gasteiger partial charge in [0.25, 0.3) is 0 Å². The van der Waals surface area contributed by atoms with Gasteiger partial charge in [-0.3, -0.25) is 4.79 Å². The quantitative estimate of drug-likeness (QED) is 0.833. The van der Waals surface area contributed by atoms with Gasteiger partial charge in [-0.1, -0.05) is 0 Å². The monoisotopic (exact) mass is 297 g/mol. The van der Waals surface area contributed by atoms with E-state index in [1.165, 1.54) is 0 Å². The minimum Gasteiger partial charge on any atom is -0.399 e. The molecule has 5 heteroatoms. The number of rotatable bonds is 4. The van der Waals surface area contributed by atoms with Crippen molar-refractivity contribution >= 4 is 33.2 Å². The predicted molar refractivity (Wildman–Crippen MR) is 73.0 cm³/mol. The van der Waals surface area contributed by atoms with Crippen molar-refractivity contribution in [1.82, 2.24) is 5.32 Å². The molecule has 0 atom stereocenters. The zero-order valence-corrected chi connectivity index (χ0v) is 11.3. The highest BCUT2D eigenvalue weighted by atomic mass is 79.9. The van der Waals surface area contributed by atoms with E-state index >= 15 is 0 Å². The summed E-state index contributed by atoms with van der Waals surface area (Å²) in [4.78, 5) is 13.6. The molecular formula is C12H16BrN3O. The Hall–Kier alpha value is -1.23. The molecule has 0 radical (unpaired) electrons. The van der Waals surface area contributed by atoms with Crippen molar-refractivity contribution in [3.63, 3.8) is 0 Å². The lowest BCUT2D eigenvalue weighted by molar-refractivity contribution is -0.119. The van der Waals surface area contributed by atoms with Crippen LogP contribution in [0.1, 0.15) is 12.8 Å². The van der Waals surface area contributed by atoms with Gasteiger partial charge < -0.3 is 16.0 Å². The molecule has 1 fully saturated rings. The zero-order chi connectivity index (χ0) is 12.4. The van der Waals surface area contributed by atoms with Gasteiger partial charge >= 0.3 is 0 Å². The Kier molecular flexibility index (Phi) is 3.57. The molecule has 1 aliphatic rings. The van der Waals surface area contributed by atoms with Gasteiger partial charge in [0.2, 0.25) is 5.91 Å². The van der Waals surface area contributed by atoms with E-state index in [-0.39, 0.29) is 5.91 Å². The maximum Gasteiger partial charge on any atom is 0.239 e. The minimum atomic E-state index is 0.0683. The molecule has 92 valence electrons. The van der Waals surface area contributed by atoms with Crippen molar-refractivity contribution < 1.29 is 4.79 Å². The Balaban J connectivity index is 1.97. The van der Waals surface area contributed by atoms with Crippen molar-refractivity contribution in [2.75, 3.05) is 24.2 Å². The summed E-state index contributed by atoms with van der Waals surface area (Å²) in [6.07, 6.45) is 2.22. The third-order valence-corrected chi connectivity index (χ3v) is 3.34. The van der Waals surface area contributed by atoms with E-state index < -0.39 is 0 Å². The summed E-state index contributed by atoms with van der Waals surface area (Å²) in [5, 5.41) is 2.96. The zero-order valence-electron chi connectivity index (χ0n) is 9.74. The van der Waals surface area contributed by atoms with Crippen LogP contribution in [0.3, 0.4) is 0 Å². The Morgan fingerprint density at radius 3 is 2.88 bits per heavy atom. The molecule has 0 aliphatic heterocycles. The van der Waals surface area contributed by atoms with Crippen LogP contribution in [-0.2, 0) is 4.79 Å². The van der Waals surface area contributed by atoms with Gasteiger partial charge in [-0.05, 0) is 47.0 Å². The van der Waals surface area contributed by atoms with E-state index in [4.69, 9.17) is 5.73 Å². The van der Waals surface area contributed by atoms with Gasteiger partial charge in [-0.2, -0.15) is 0 Å². The highest BCUT2D eigenvalue weighted by Crippen LogP contribution is 2.27. The summed E-state index contributed by atoms with van der Waals surface area (Å²) in [5.41, 5.74) is 7.34. The first kappa shape index (κ1) is 12.2. The fourth-order valence-corrected chi connectivity index (χ4v) is 2.33. The number of halogens is 1. The van der Waals surface area contributed by atoms with Crippen LogP contribution in [0.4, 0.5) is 11.4 Å². The Morgan fingerprint density at radius 2 is 2.29 bits per heavy atom. The normalized spacial score (nSPS) is 14.5. The number of nitrogen functional groups attached to an aromatic ring is 1. The number of nitrogens with two attached hydrogens (primary N) is 1. The third kappa shape index (κ3) is 3.36. The molecule has 1 saturated carbocycles. The first-order valence-electron chi connectivity index (χ1n) is 5.62. The molecule has 1 amide bonds.